The monoisotopic (exact) mass is 296 g/mol. The molecular weight excluding hydrogens is 272 g/mol. The molecule has 0 aliphatic carbocycles. The second-order valence-electron chi connectivity index (χ2n) is 5.61. The first kappa shape index (κ1) is 16.1. The van der Waals surface area contributed by atoms with Crippen LogP contribution in [0.1, 0.15) is 29.2 Å². The molecule has 22 heavy (non-hydrogen) atoms. The van der Waals surface area contributed by atoms with Crippen molar-refractivity contribution < 1.29 is 4.79 Å². The summed E-state index contributed by atoms with van der Waals surface area (Å²) in [5.41, 5.74) is 6.62. The average Bonchev–Trinajstić information content (AvgIpc) is 2.50. The smallest absolute Gasteiger partial charge is 0.243 e. The number of rotatable bonds is 5. The molecule has 2 aromatic rings. The van der Waals surface area contributed by atoms with Crippen molar-refractivity contribution in [1.29, 1.82) is 0 Å². The van der Waals surface area contributed by atoms with Crippen molar-refractivity contribution >= 4 is 17.3 Å². The fourth-order valence-electron chi connectivity index (χ4n) is 2.50. The molecule has 2 aromatic carbocycles. The molecular formula is C19H24N2O. The van der Waals surface area contributed by atoms with Crippen molar-refractivity contribution in [1.82, 2.24) is 0 Å². The van der Waals surface area contributed by atoms with Gasteiger partial charge in [0, 0.05) is 11.4 Å². The highest BCUT2D eigenvalue weighted by molar-refractivity contribution is 5.95. The first-order valence-corrected chi connectivity index (χ1v) is 7.71. The fraction of sp³-hybridized carbons (Fsp3) is 0.316. The first-order valence-electron chi connectivity index (χ1n) is 7.71. The lowest BCUT2D eigenvalue weighted by atomic mass is 10.1. The van der Waals surface area contributed by atoms with E-state index < -0.39 is 0 Å². The van der Waals surface area contributed by atoms with Crippen molar-refractivity contribution in [2.45, 2.75) is 34.1 Å². The van der Waals surface area contributed by atoms with E-state index in [0.717, 1.165) is 23.4 Å². The SMILES string of the molecule is CCc1cccc(C)c1NC(=O)CNc1cccc(C)c1C. The van der Waals surface area contributed by atoms with Crippen LogP contribution in [0.2, 0.25) is 0 Å². The lowest BCUT2D eigenvalue weighted by molar-refractivity contribution is -0.114. The summed E-state index contributed by atoms with van der Waals surface area (Å²) >= 11 is 0. The summed E-state index contributed by atoms with van der Waals surface area (Å²) in [4.78, 5) is 12.2. The Morgan fingerprint density at radius 2 is 1.68 bits per heavy atom. The maximum absolute atomic E-state index is 12.2. The zero-order valence-electron chi connectivity index (χ0n) is 13.8. The Kier molecular flexibility index (Phi) is 5.21. The highest BCUT2D eigenvalue weighted by atomic mass is 16.1. The van der Waals surface area contributed by atoms with Crippen molar-refractivity contribution in [2.24, 2.45) is 0 Å². The largest absolute Gasteiger partial charge is 0.376 e. The van der Waals surface area contributed by atoms with Crippen LogP contribution in [0.3, 0.4) is 0 Å². The third kappa shape index (κ3) is 3.67. The zero-order valence-corrected chi connectivity index (χ0v) is 13.8. The Labute approximate surface area is 132 Å². The van der Waals surface area contributed by atoms with Gasteiger partial charge in [-0.25, -0.2) is 0 Å². The highest BCUT2D eigenvalue weighted by Gasteiger charge is 2.09. The number of benzene rings is 2. The summed E-state index contributed by atoms with van der Waals surface area (Å²) in [5.74, 6) is -0.0232. The Hall–Kier alpha value is -2.29. The van der Waals surface area contributed by atoms with Crippen molar-refractivity contribution in [3.8, 4) is 0 Å². The van der Waals surface area contributed by atoms with Gasteiger partial charge in [-0.1, -0.05) is 37.3 Å². The molecule has 0 aromatic heterocycles. The first-order chi connectivity index (χ1) is 10.5. The minimum atomic E-state index is -0.0232. The van der Waals surface area contributed by atoms with Gasteiger partial charge < -0.3 is 10.6 Å². The number of para-hydroxylation sites is 1. The number of carbonyl (C=O) groups excluding carboxylic acids is 1. The molecule has 2 N–H and O–H groups in total. The predicted molar refractivity (Wildman–Crippen MR) is 93.6 cm³/mol. The summed E-state index contributed by atoms with van der Waals surface area (Å²) in [5, 5.41) is 6.25. The number of anilines is 2. The molecule has 3 heteroatoms. The molecule has 0 unspecified atom stereocenters. The van der Waals surface area contributed by atoms with Crippen LogP contribution in [0.25, 0.3) is 0 Å². The van der Waals surface area contributed by atoms with Crippen molar-refractivity contribution in [3.05, 3.63) is 58.7 Å². The van der Waals surface area contributed by atoms with Crippen LogP contribution < -0.4 is 10.6 Å². The normalized spacial score (nSPS) is 10.4. The molecule has 0 fully saturated rings. The number of nitrogens with one attached hydrogen (secondary N) is 2. The third-order valence-corrected chi connectivity index (χ3v) is 4.05. The Morgan fingerprint density at radius 3 is 2.41 bits per heavy atom. The van der Waals surface area contributed by atoms with E-state index in [4.69, 9.17) is 0 Å². The second-order valence-corrected chi connectivity index (χ2v) is 5.61. The lowest BCUT2D eigenvalue weighted by Crippen LogP contribution is -2.23. The maximum atomic E-state index is 12.2. The molecule has 0 radical (unpaired) electrons. The number of hydrogen-bond acceptors (Lipinski definition) is 2. The summed E-state index contributed by atoms with van der Waals surface area (Å²) < 4.78 is 0. The van der Waals surface area contributed by atoms with Crippen LogP contribution in [0.4, 0.5) is 11.4 Å². The molecule has 0 spiro atoms. The van der Waals surface area contributed by atoms with Gasteiger partial charge in [0.15, 0.2) is 0 Å². The van der Waals surface area contributed by atoms with Gasteiger partial charge in [0.1, 0.15) is 0 Å². The molecule has 0 aliphatic rings. The van der Waals surface area contributed by atoms with E-state index in [1.807, 2.05) is 31.2 Å². The molecule has 3 nitrogen and oxygen atoms in total. The molecule has 0 heterocycles. The molecule has 0 bridgehead atoms. The summed E-state index contributed by atoms with van der Waals surface area (Å²) in [6.07, 6.45) is 0.904. The van der Waals surface area contributed by atoms with Crippen LogP contribution in [-0.4, -0.2) is 12.5 Å². The van der Waals surface area contributed by atoms with Crippen LogP contribution in [0, 0.1) is 20.8 Å². The van der Waals surface area contributed by atoms with E-state index >= 15 is 0 Å². The average molecular weight is 296 g/mol. The molecule has 0 saturated carbocycles. The van der Waals surface area contributed by atoms with Gasteiger partial charge in [-0.3, -0.25) is 4.79 Å². The quantitative estimate of drug-likeness (QED) is 0.867. The van der Waals surface area contributed by atoms with Crippen LogP contribution in [0.5, 0.6) is 0 Å². The topological polar surface area (TPSA) is 41.1 Å². The minimum absolute atomic E-state index is 0.0232. The summed E-state index contributed by atoms with van der Waals surface area (Å²) in [6, 6.07) is 12.2. The van der Waals surface area contributed by atoms with Crippen LogP contribution in [0.15, 0.2) is 36.4 Å². The number of aryl methyl sites for hydroxylation is 3. The van der Waals surface area contributed by atoms with Gasteiger partial charge in [0.2, 0.25) is 5.91 Å². The standard InChI is InChI=1S/C19H24N2O/c1-5-16-10-6-9-14(3)19(16)21-18(22)12-20-17-11-7-8-13(2)15(17)4/h6-11,20H,5,12H2,1-4H3,(H,21,22). The lowest BCUT2D eigenvalue weighted by Gasteiger charge is -2.15. The highest BCUT2D eigenvalue weighted by Crippen LogP contribution is 2.21. The van der Waals surface area contributed by atoms with Gasteiger partial charge in [0.25, 0.3) is 0 Å². The predicted octanol–water partition coefficient (Wildman–Crippen LogP) is 4.22. The third-order valence-electron chi connectivity index (χ3n) is 4.05. The maximum Gasteiger partial charge on any atom is 0.243 e. The number of amides is 1. The van der Waals surface area contributed by atoms with Gasteiger partial charge in [0.05, 0.1) is 6.54 Å². The van der Waals surface area contributed by atoms with Crippen LogP contribution >= 0.6 is 0 Å². The fourth-order valence-corrected chi connectivity index (χ4v) is 2.50. The molecule has 2 rings (SSSR count). The Morgan fingerprint density at radius 1 is 1.00 bits per heavy atom. The van der Waals surface area contributed by atoms with E-state index in [1.54, 1.807) is 0 Å². The molecule has 0 aliphatic heterocycles. The van der Waals surface area contributed by atoms with Gasteiger partial charge in [-0.15, -0.1) is 0 Å². The summed E-state index contributed by atoms with van der Waals surface area (Å²) in [7, 11) is 0. The second kappa shape index (κ2) is 7.12. The van der Waals surface area contributed by atoms with E-state index in [9.17, 15) is 4.79 Å². The molecule has 0 atom stereocenters. The van der Waals surface area contributed by atoms with E-state index in [-0.39, 0.29) is 12.5 Å². The number of hydrogen-bond donors (Lipinski definition) is 2. The van der Waals surface area contributed by atoms with E-state index in [2.05, 4.69) is 43.5 Å². The van der Waals surface area contributed by atoms with E-state index in [1.165, 1.54) is 16.7 Å². The zero-order chi connectivity index (χ0) is 16.1. The Bertz CT molecular complexity index is 677. The molecule has 0 saturated heterocycles. The van der Waals surface area contributed by atoms with Crippen LogP contribution in [-0.2, 0) is 11.2 Å². The summed E-state index contributed by atoms with van der Waals surface area (Å²) in [6.45, 7) is 8.51. The van der Waals surface area contributed by atoms with Crippen molar-refractivity contribution in [2.75, 3.05) is 17.2 Å². The molecule has 116 valence electrons. The van der Waals surface area contributed by atoms with Gasteiger partial charge in [-0.05, 0) is 55.5 Å². The Balaban J connectivity index is 2.04. The van der Waals surface area contributed by atoms with Gasteiger partial charge in [-0.2, -0.15) is 0 Å². The number of carbonyl (C=O) groups is 1. The minimum Gasteiger partial charge on any atom is -0.376 e. The van der Waals surface area contributed by atoms with Crippen molar-refractivity contribution in [3.63, 3.8) is 0 Å². The molecule has 1 amide bonds. The van der Waals surface area contributed by atoms with E-state index in [0.29, 0.717) is 0 Å². The van der Waals surface area contributed by atoms with Gasteiger partial charge >= 0.3 is 0 Å².